The predicted molar refractivity (Wildman–Crippen MR) is 80.0 cm³/mol. The van der Waals surface area contributed by atoms with Crippen LogP contribution in [0.2, 0.25) is 0 Å². The van der Waals surface area contributed by atoms with Gasteiger partial charge in [0.2, 0.25) is 5.78 Å². The van der Waals surface area contributed by atoms with Crippen molar-refractivity contribution in [2.24, 2.45) is 5.92 Å². The first kappa shape index (κ1) is 17.3. The number of hydrogen-bond donors (Lipinski definition) is 2. The molecule has 0 bridgehead atoms. The number of rotatable bonds is 2. The fourth-order valence-electron chi connectivity index (χ4n) is 3.06. The van der Waals surface area contributed by atoms with Crippen molar-refractivity contribution in [3.63, 3.8) is 0 Å². The van der Waals surface area contributed by atoms with Gasteiger partial charge in [-0.05, 0) is 58.1 Å². The molecule has 1 heterocycles. The molecule has 0 saturated carbocycles. The van der Waals surface area contributed by atoms with Crippen LogP contribution in [0.15, 0.2) is 16.6 Å². The molecule has 22 heavy (non-hydrogen) atoms. The van der Waals surface area contributed by atoms with Crippen LogP contribution in [0.4, 0.5) is 13.2 Å². The molecular weight excluding hydrogens is 363 g/mol. The third-order valence-corrected chi connectivity index (χ3v) is 4.91. The summed E-state index contributed by atoms with van der Waals surface area (Å²) in [6.45, 7) is 3.60. The van der Waals surface area contributed by atoms with Crippen molar-refractivity contribution in [2.45, 2.75) is 31.9 Å². The van der Waals surface area contributed by atoms with Gasteiger partial charge in [-0.2, -0.15) is 13.2 Å². The molecule has 1 aliphatic rings. The minimum atomic E-state index is -4.92. The molecule has 0 saturated heterocycles. The molecule has 0 aromatic heterocycles. The van der Waals surface area contributed by atoms with Crippen LogP contribution in [0.1, 0.15) is 25.0 Å². The maximum absolute atomic E-state index is 13.2. The molecule has 2 rings (SSSR count). The summed E-state index contributed by atoms with van der Waals surface area (Å²) in [6.07, 6.45) is -4.46. The summed E-state index contributed by atoms with van der Waals surface area (Å²) in [5, 5.41) is 12.7. The highest BCUT2D eigenvalue weighted by Gasteiger charge is 2.56. The van der Waals surface area contributed by atoms with Crippen LogP contribution in [-0.4, -0.2) is 30.2 Å². The number of carbonyl (C=O) groups is 1. The van der Waals surface area contributed by atoms with E-state index in [1.807, 2.05) is 0 Å². The van der Waals surface area contributed by atoms with Gasteiger partial charge in [0.15, 0.2) is 0 Å². The van der Waals surface area contributed by atoms with E-state index in [-0.39, 0.29) is 16.8 Å². The van der Waals surface area contributed by atoms with Crippen molar-refractivity contribution in [2.75, 3.05) is 13.1 Å². The van der Waals surface area contributed by atoms with Crippen LogP contribution in [0, 0.1) is 5.92 Å². The van der Waals surface area contributed by atoms with Gasteiger partial charge in [0.05, 0.1) is 9.89 Å². The second-order valence-electron chi connectivity index (χ2n) is 5.84. The largest absolute Gasteiger partial charge is 0.507 e. The fraction of sp³-hybridized carbons (Fsp3) is 0.533. The van der Waals surface area contributed by atoms with Crippen LogP contribution in [0.5, 0.6) is 5.75 Å². The van der Waals surface area contributed by atoms with Crippen molar-refractivity contribution in [3.8, 4) is 5.75 Å². The Hall–Kier alpha value is -1.08. The smallest absolute Gasteiger partial charge is 0.450 e. The van der Waals surface area contributed by atoms with Gasteiger partial charge in [0.25, 0.3) is 0 Å². The number of benzene rings is 1. The molecule has 2 N–H and O–H groups in total. The summed E-state index contributed by atoms with van der Waals surface area (Å²) in [7, 11) is 0. The fourth-order valence-corrected chi connectivity index (χ4v) is 3.41. The number of nitrogens with one attached hydrogen (secondary N) is 1. The lowest BCUT2D eigenvalue weighted by molar-refractivity contribution is -0.179. The number of carbonyl (C=O) groups excluding carboxylic acids is 1. The van der Waals surface area contributed by atoms with Crippen molar-refractivity contribution in [1.82, 2.24) is 5.32 Å². The normalized spacial score (nSPS) is 22.3. The zero-order valence-electron chi connectivity index (χ0n) is 12.2. The number of Topliss-reactive ketones (excluding diaryl/α,β-unsaturated/α-hetero) is 1. The highest BCUT2D eigenvalue weighted by Crippen LogP contribution is 2.43. The predicted octanol–water partition coefficient (Wildman–Crippen LogP) is 3.33. The first-order valence-corrected chi connectivity index (χ1v) is 7.74. The second kappa shape index (κ2) is 5.85. The maximum atomic E-state index is 13.2. The first-order valence-electron chi connectivity index (χ1n) is 6.95. The quantitative estimate of drug-likeness (QED) is 0.828. The Balaban J connectivity index is 2.75. The van der Waals surface area contributed by atoms with Crippen LogP contribution in [0.3, 0.4) is 0 Å². The Morgan fingerprint density at radius 1 is 1.41 bits per heavy atom. The third-order valence-electron chi connectivity index (χ3n) is 4.28. The van der Waals surface area contributed by atoms with E-state index in [9.17, 15) is 23.1 Å². The Labute approximate surface area is 135 Å². The van der Waals surface area contributed by atoms with Gasteiger partial charge in [0.1, 0.15) is 5.75 Å². The van der Waals surface area contributed by atoms with Crippen LogP contribution in [0.25, 0.3) is 0 Å². The summed E-state index contributed by atoms with van der Waals surface area (Å²) in [5.74, 6) is -2.34. The Kier molecular flexibility index (Phi) is 4.59. The van der Waals surface area contributed by atoms with E-state index in [1.54, 1.807) is 13.8 Å². The SMILES string of the molecule is CC(C)C1(C(=O)C(F)(F)F)CNCCc2cc(O)c(Br)cc21. The number of alkyl halides is 3. The Morgan fingerprint density at radius 2 is 2.05 bits per heavy atom. The molecule has 1 aromatic carbocycles. The van der Waals surface area contributed by atoms with E-state index in [1.165, 1.54) is 12.1 Å². The van der Waals surface area contributed by atoms with Gasteiger partial charge in [-0.3, -0.25) is 4.79 Å². The number of fused-ring (bicyclic) bond motifs is 1. The average Bonchev–Trinajstić information content (AvgIpc) is 2.58. The summed E-state index contributed by atoms with van der Waals surface area (Å²) in [5.41, 5.74) is -0.795. The van der Waals surface area contributed by atoms with Crippen molar-refractivity contribution in [3.05, 3.63) is 27.7 Å². The monoisotopic (exact) mass is 379 g/mol. The second-order valence-corrected chi connectivity index (χ2v) is 6.69. The number of ketones is 1. The lowest BCUT2D eigenvalue weighted by Gasteiger charge is -2.37. The highest BCUT2D eigenvalue weighted by atomic mass is 79.9. The molecule has 1 aliphatic heterocycles. The minimum Gasteiger partial charge on any atom is -0.507 e. The van der Waals surface area contributed by atoms with E-state index < -0.39 is 23.3 Å². The number of halogens is 4. The van der Waals surface area contributed by atoms with Crippen LogP contribution >= 0.6 is 15.9 Å². The van der Waals surface area contributed by atoms with Gasteiger partial charge in [-0.1, -0.05) is 13.8 Å². The van der Waals surface area contributed by atoms with Crippen molar-refractivity contribution < 1.29 is 23.1 Å². The van der Waals surface area contributed by atoms with Gasteiger partial charge >= 0.3 is 6.18 Å². The maximum Gasteiger partial charge on any atom is 0.450 e. The van der Waals surface area contributed by atoms with E-state index in [0.29, 0.717) is 24.1 Å². The molecule has 1 atom stereocenters. The van der Waals surface area contributed by atoms with Crippen molar-refractivity contribution in [1.29, 1.82) is 0 Å². The zero-order valence-corrected chi connectivity index (χ0v) is 13.8. The average molecular weight is 380 g/mol. The molecule has 0 amide bonds. The summed E-state index contributed by atoms with van der Waals surface area (Å²) >= 11 is 3.14. The molecule has 3 nitrogen and oxygen atoms in total. The van der Waals surface area contributed by atoms with Crippen LogP contribution in [-0.2, 0) is 16.6 Å². The van der Waals surface area contributed by atoms with Gasteiger partial charge in [-0.25, -0.2) is 0 Å². The molecule has 7 heteroatoms. The third kappa shape index (κ3) is 2.76. The molecule has 0 spiro atoms. The van der Waals surface area contributed by atoms with Crippen LogP contribution < -0.4 is 5.32 Å². The van der Waals surface area contributed by atoms with E-state index in [4.69, 9.17) is 0 Å². The molecule has 122 valence electrons. The zero-order chi connectivity index (χ0) is 16.7. The molecule has 1 unspecified atom stereocenters. The van der Waals surface area contributed by atoms with Gasteiger partial charge < -0.3 is 10.4 Å². The Bertz CT molecular complexity index is 601. The van der Waals surface area contributed by atoms with E-state index >= 15 is 0 Å². The molecule has 1 aromatic rings. The lowest BCUT2D eigenvalue weighted by atomic mass is 9.67. The topological polar surface area (TPSA) is 49.3 Å². The molecule has 0 aliphatic carbocycles. The van der Waals surface area contributed by atoms with E-state index in [2.05, 4.69) is 21.2 Å². The number of phenolic OH excluding ortho intramolecular Hbond substituents is 1. The Morgan fingerprint density at radius 3 is 2.59 bits per heavy atom. The standard InChI is InChI=1S/C15H17BrF3NO2/c1-8(2)14(13(22)15(17,18)19)7-20-4-3-9-5-12(21)11(16)6-10(9)14/h5-6,8,20-21H,3-4,7H2,1-2H3. The first-order chi connectivity index (χ1) is 10.1. The number of hydrogen-bond acceptors (Lipinski definition) is 3. The lowest BCUT2D eigenvalue weighted by Crippen LogP contribution is -2.53. The number of aromatic hydroxyl groups is 1. The van der Waals surface area contributed by atoms with Gasteiger partial charge in [0, 0.05) is 6.54 Å². The molecule has 0 fully saturated rings. The molecule has 0 radical (unpaired) electrons. The highest BCUT2D eigenvalue weighted by molar-refractivity contribution is 9.10. The summed E-state index contributed by atoms with van der Waals surface area (Å²) in [6, 6.07) is 2.88. The number of phenols is 1. The van der Waals surface area contributed by atoms with E-state index in [0.717, 1.165) is 0 Å². The summed E-state index contributed by atoms with van der Waals surface area (Å²) in [4.78, 5) is 12.3. The summed E-state index contributed by atoms with van der Waals surface area (Å²) < 4.78 is 39.9. The van der Waals surface area contributed by atoms with Gasteiger partial charge in [-0.15, -0.1) is 0 Å². The molecular formula is C15H17BrF3NO2. The minimum absolute atomic E-state index is 0.0437. The van der Waals surface area contributed by atoms with Crippen molar-refractivity contribution >= 4 is 21.7 Å².